The number of aromatic nitrogens is 1. The zero-order valence-electron chi connectivity index (χ0n) is 13.6. The summed E-state index contributed by atoms with van der Waals surface area (Å²) in [5.41, 5.74) is 9.96. The number of amides is 1. The van der Waals surface area contributed by atoms with Gasteiger partial charge >= 0.3 is 6.09 Å². The van der Waals surface area contributed by atoms with Gasteiger partial charge in [0.25, 0.3) is 0 Å². The third kappa shape index (κ3) is 4.60. The first-order valence-electron chi connectivity index (χ1n) is 7.50. The van der Waals surface area contributed by atoms with Gasteiger partial charge in [0.15, 0.2) is 0 Å². The molecule has 2 aromatic rings. The molecule has 2 rings (SSSR count). The van der Waals surface area contributed by atoms with Gasteiger partial charge in [0.05, 0.1) is 12.3 Å². The van der Waals surface area contributed by atoms with Crippen molar-refractivity contribution in [2.24, 2.45) is 0 Å². The molecule has 1 heterocycles. The zero-order valence-corrected chi connectivity index (χ0v) is 13.6. The first-order chi connectivity index (χ1) is 11.0. The molecular weight excluding hydrogens is 292 g/mol. The molecule has 1 aromatic heterocycles. The van der Waals surface area contributed by atoms with Crippen LogP contribution < -0.4 is 16.4 Å². The number of nitrogens with one attached hydrogen (secondary N) is 2. The fraction of sp³-hybridized carbons (Fsp3) is 0.294. The van der Waals surface area contributed by atoms with Crippen LogP contribution in [0.2, 0.25) is 0 Å². The standard InChI is InChI=1S/C17H22N4O2/c1-4-23-17(22)20-14-7-8-15(21-16(14)18)19-10-13-6-5-11(2)9-12(13)3/h5-9H,4,10H2,1-3H3,(H,20,22)(H3,18,19,21). The number of hydrogen-bond donors (Lipinski definition) is 3. The molecule has 0 saturated carbocycles. The summed E-state index contributed by atoms with van der Waals surface area (Å²) in [6, 6.07) is 9.78. The van der Waals surface area contributed by atoms with E-state index < -0.39 is 6.09 Å². The number of benzene rings is 1. The molecule has 0 aliphatic rings. The molecular formula is C17H22N4O2. The minimum atomic E-state index is -0.544. The maximum Gasteiger partial charge on any atom is 0.411 e. The second-order valence-corrected chi connectivity index (χ2v) is 5.26. The Morgan fingerprint density at radius 3 is 2.70 bits per heavy atom. The number of pyridine rings is 1. The topological polar surface area (TPSA) is 89.3 Å². The van der Waals surface area contributed by atoms with Gasteiger partial charge in [0.2, 0.25) is 0 Å². The summed E-state index contributed by atoms with van der Waals surface area (Å²) in [4.78, 5) is 15.6. The van der Waals surface area contributed by atoms with E-state index in [2.05, 4.69) is 47.7 Å². The van der Waals surface area contributed by atoms with Gasteiger partial charge in [0.1, 0.15) is 11.6 Å². The quantitative estimate of drug-likeness (QED) is 0.786. The third-order valence-electron chi connectivity index (χ3n) is 3.39. The summed E-state index contributed by atoms with van der Waals surface area (Å²) >= 11 is 0. The van der Waals surface area contributed by atoms with Crippen LogP contribution in [0.15, 0.2) is 30.3 Å². The van der Waals surface area contributed by atoms with Crippen LogP contribution >= 0.6 is 0 Å². The molecule has 0 bridgehead atoms. The van der Waals surface area contributed by atoms with Crippen LogP contribution in [0.25, 0.3) is 0 Å². The molecule has 23 heavy (non-hydrogen) atoms. The van der Waals surface area contributed by atoms with E-state index in [1.54, 1.807) is 19.1 Å². The number of aryl methyl sites for hydroxylation is 2. The van der Waals surface area contributed by atoms with Gasteiger partial charge in [-0.05, 0) is 44.0 Å². The highest BCUT2D eigenvalue weighted by molar-refractivity contribution is 5.88. The molecule has 0 unspecified atom stereocenters. The van der Waals surface area contributed by atoms with Crippen molar-refractivity contribution in [2.75, 3.05) is 23.0 Å². The van der Waals surface area contributed by atoms with Gasteiger partial charge in [0, 0.05) is 6.54 Å². The highest BCUT2D eigenvalue weighted by atomic mass is 16.5. The van der Waals surface area contributed by atoms with Gasteiger partial charge < -0.3 is 15.8 Å². The fourth-order valence-electron chi connectivity index (χ4n) is 2.19. The molecule has 0 spiro atoms. The van der Waals surface area contributed by atoms with Gasteiger partial charge in [-0.15, -0.1) is 0 Å². The van der Waals surface area contributed by atoms with Crippen LogP contribution in [0.5, 0.6) is 0 Å². The minimum absolute atomic E-state index is 0.240. The van der Waals surface area contributed by atoms with Crippen LogP contribution in [0, 0.1) is 13.8 Å². The van der Waals surface area contributed by atoms with Crippen LogP contribution in [0.3, 0.4) is 0 Å². The minimum Gasteiger partial charge on any atom is -0.450 e. The van der Waals surface area contributed by atoms with Crippen molar-refractivity contribution in [3.8, 4) is 0 Å². The lowest BCUT2D eigenvalue weighted by Crippen LogP contribution is -2.15. The number of ether oxygens (including phenoxy) is 1. The lowest BCUT2D eigenvalue weighted by molar-refractivity contribution is 0.168. The first-order valence-corrected chi connectivity index (χ1v) is 7.50. The van der Waals surface area contributed by atoms with Gasteiger partial charge in [-0.3, -0.25) is 5.32 Å². The smallest absolute Gasteiger partial charge is 0.411 e. The fourth-order valence-corrected chi connectivity index (χ4v) is 2.19. The second kappa shape index (κ2) is 7.49. The van der Waals surface area contributed by atoms with Crippen molar-refractivity contribution in [3.05, 3.63) is 47.0 Å². The highest BCUT2D eigenvalue weighted by Crippen LogP contribution is 2.20. The van der Waals surface area contributed by atoms with Crippen molar-refractivity contribution in [1.29, 1.82) is 0 Å². The van der Waals surface area contributed by atoms with E-state index >= 15 is 0 Å². The Hall–Kier alpha value is -2.76. The number of rotatable bonds is 5. The Morgan fingerprint density at radius 2 is 2.04 bits per heavy atom. The molecule has 0 fully saturated rings. The summed E-state index contributed by atoms with van der Waals surface area (Å²) < 4.78 is 4.81. The number of nitrogens with two attached hydrogens (primary N) is 1. The maximum atomic E-state index is 11.4. The zero-order chi connectivity index (χ0) is 16.8. The molecule has 0 aliphatic heterocycles. The van der Waals surface area contributed by atoms with E-state index in [-0.39, 0.29) is 5.82 Å². The molecule has 1 amide bonds. The molecule has 6 heteroatoms. The number of nitrogens with zero attached hydrogens (tertiary/aromatic N) is 1. The molecule has 122 valence electrons. The van der Waals surface area contributed by atoms with Crippen LogP contribution in [0.4, 0.5) is 22.1 Å². The van der Waals surface area contributed by atoms with E-state index in [1.807, 2.05) is 0 Å². The largest absolute Gasteiger partial charge is 0.450 e. The normalized spacial score (nSPS) is 10.2. The van der Waals surface area contributed by atoms with E-state index in [4.69, 9.17) is 10.5 Å². The molecule has 0 aliphatic carbocycles. The Kier molecular flexibility index (Phi) is 5.41. The number of carbonyl (C=O) groups excluding carboxylic acids is 1. The molecule has 1 aromatic carbocycles. The van der Waals surface area contributed by atoms with Crippen molar-refractivity contribution in [3.63, 3.8) is 0 Å². The highest BCUT2D eigenvalue weighted by Gasteiger charge is 2.07. The number of nitrogen functional groups attached to an aromatic ring is 1. The summed E-state index contributed by atoms with van der Waals surface area (Å²) in [5.74, 6) is 0.889. The summed E-state index contributed by atoms with van der Waals surface area (Å²) in [7, 11) is 0. The molecule has 0 saturated heterocycles. The van der Waals surface area contributed by atoms with Gasteiger partial charge in [-0.1, -0.05) is 23.8 Å². The monoisotopic (exact) mass is 314 g/mol. The van der Waals surface area contributed by atoms with Crippen molar-refractivity contribution in [2.45, 2.75) is 27.3 Å². The Bertz CT molecular complexity index is 701. The Balaban J connectivity index is 2.01. The number of carbonyl (C=O) groups is 1. The van der Waals surface area contributed by atoms with Crippen molar-refractivity contribution >= 4 is 23.4 Å². The summed E-state index contributed by atoms with van der Waals surface area (Å²) in [6.07, 6.45) is -0.544. The van der Waals surface area contributed by atoms with Gasteiger partial charge in [-0.25, -0.2) is 9.78 Å². The first kappa shape index (κ1) is 16.6. The lowest BCUT2D eigenvalue weighted by atomic mass is 10.1. The number of hydrogen-bond acceptors (Lipinski definition) is 5. The SMILES string of the molecule is CCOC(=O)Nc1ccc(NCc2ccc(C)cc2C)nc1N. The van der Waals surface area contributed by atoms with E-state index in [0.29, 0.717) is 24.7 Å². The Labute approximate surface area is 136 Å². The van der Waals surface area contributed by atoms with Crippen LogP contribution in [0.1, 0.15) is 23.6 Å². The predicted octanol–water partition coefficient (Wildman–Crippen LogP) is 3.46. The van der Waals surface area contributed by atoms with Crippen LogP contribution in [-0.4, -0.2) is 17.7 Å². The predicted molar refractivity (Wildman–Crippen MR) is 92.5 cm³/mol. The number of anilines is 3. The van der Waals surface area contributed by atoms with Crippen molar-refractivity contribution < 1.29 is 9.53 Å². The molecule has 0 atom stereocenters. The Morgan fingerprint density at radius 1 is 1.26 bits per heavy atom. The molecule has 4 N–H and O–H groups in total. The third-order valence-corrected chi connectivity index (χ3v) is 3.39. The van der Waals surface area contributed by atoms with E-state index in [0.717, 1.165) is 0 Å². The average molecular weight is 314 g/mol. The lowest BCUT2D eigenvalue weighted by Gasteiger charge is -2.12. The van der Waals surface area contributed by atoms with Crippen LogP contribution in [-0.2, 0) is 11.3 Å². The summed E-state index contributed by atoms with van der Waals surface area (Å²) in [5, 5.41) is 5.78. The average Bonchev–Trinajstić information content (AvgIpc) is 2.49. The maximum absolute atomic E-state index is 11.4. The van der Waals surface area contributed by atoms with E-state index in [1.165, 1.54) is 16.7 Å². The second-order valence-electron chi connectivity index (χ2n) is 5.26. The molecule has 6 nitrogen and oxygen atoms in total. The van der Waals surface area contributed by atoms with Crippen molar-refractivity contribution in [1.82, 2.24) is 4.98 Å². The molecule has 0 radical (unpaired) electrons. The van der Waals surface area contributed by atoms with E-state index in [9.17, 15) is 4.79 Å². The van der Waals surface area contributed by atoms with Gasteiger partial charge in [-0.2, -0.15) is 0 Å². The summed E-state index contributed by atoms with van der Waals surface area (Å²) in [6.45, 7) is 6.85.